The van der Waals surface area contributed by atoms with Crippen LogP contribution in [0.25, 0.3) is 0 Å². The smallest absolute Gasteiger partial charge is 0.233 e. The van der Waals surface area contributed by atoms with E-state index in [4.69, 9.17) is 0 Å². The van der Waals surface area contributed by atoms with E-state index in [1.807, 2.05) is 24.4 Å². The number of carbonyl (C=O) groups is 2. The molecule has 1 aromatic heterocycles. The summed E-state index contributed by atoms with van der Waals surface area (Å²) in [6, 6.07) is 10.3. The fourth-order valence-corrected chi connectivity index (χ4v) is 5.44. The van der Waals surface area contributed by atoms with Crippen LogP contribution in [-0.4, -0.2) is 52.4 Å². The summed E-state index contributed by atoms with van der Waals surface area (Å²) in [6.07, 6.45) is 9.68. The van der Waals surface area contributed by atoms with E-state index in [0.717, 1.165) is 18.8 Å². The number of nitrogens with one attached hydrogen (secondary N) is 2. The Hall–Kier alpha value is -2.69. The van der Waals surface area contributed by atoms with E-state index in [1.165, 1.54) is 10.5 Å². The van der Waals surface area contributed by atoms with Crippen molar-refractivity contribution in [1.82, 2.24) is 25.1 Å². The topological polar surface area (TPSA) is 91.6 Å². The summed E-state index contributed by atoms with van der Waals surface area (Å²) in [4.78, 5) is 35.8. The molecule has 8 nitrogen and oxygen atoms in total. The quantitative estimate of drug-likeness (QED) is 0.126. The predicted octanol–water partition coefficient (Wildman–Crippen LogP) is 2.41. The van der Waals surface area contributed by atoms with Crippen molar-refractivity contribution in [2.45, 2.75) is 25.9 Å². The highest BCUT2D eigenvalue weighted by Crippen LogP contribution is 2.52. The van der Waals surface area contributed by atoms with E-state index in [-0.39, 0.29) is 59.5 Å². The molecule has 2 aromatic rings. The molecule has 2 heterocycles. The molecule has 2 bridgehead atoms. The minimum absolute atomic E-state index is 0. The first kappa shape index (κ1) is 24.4. The summed E-state index contributed by atoms with van der Waals surface area (Å²) >= 11 is 0. The third-order valence-corrected chi connectivity index (χ3v) is 7.05. The van der Waals surface area contributed by atoms with Crippen molar-refractivity contribution in [1.29, 1.82) is 0 Å². The van der Waals surface area contributed by atoms with E-state index in [9.17, 15) is 9.59 Å². The highest BCUT2D eigenvalue weighted by atomic mass is 127. The number of likely N-dealkylation sites (tertiary alicyclic amines) is 1. The molecule has 1 aromatic carbocycles. The maximum absolute atomic E-state index is 12.8. The van der Waals surface area contributed by atoms with Crippen LogP contribution in [0, 0.1) is 23.7 Å². The second kappa shape index (κ2) is 10.7. The van der Waals surface area contributed by atoms with Crippen molar-refractivity contribution in [3.63, 3.8) is 0 Å². The van der Waals surface area contributed by atoms with Crippen LogP contribution in [0.1, 0.15) is 24.2 Å². The molecular weight excluding hydrogens is 543 g/mol. The van der Waals surface area contributed by atoms with E-state index >= 15 is 0 Å². The lowest BCUT2D eigenvalue weighted by atomic mass is 9.85. The number of imide groups is 1. The van der Waals surface area contributed by atoms with Gasteiger partial charge in [-0.25, -0.2) is 4.98 Å². The van der Waals surface area contributed by atoms with Gasteiger partial charge in [-0.1, -0.05) is 42.5 Å². The molecule has 4 unspecified atom stereocenters. The Bertz CT molecular complexity index is 1050. The lowest BCUT2D eigenvalue weighted by Gasteiger charge is -2.18. The van der Waals surface area contributed by atoms with Crippen molar-refractivity contribution >= 4 is 41.8 Å². The van der Waals surface area contributed by atoms with E-state index < -0.39 is 0 Å². The minimum atomic E-state index is -0.116. The first-order valence-electron chi connectivity index (χ1n) is 11.7. The van der Waals surface area contributed by atoms with Gasteiger partial charge in [0, 0.05) is 39.1 Å². The summed E-state index contributed by atoms with van der Waals surface area (Å²) in [5, 5.41) is 6.57. The summed E-state index contributed by atoms with van der Waals surface area (Å²) in [6.45, 7) is 2.38. The number of imidazole rings is 1. The fraction of sp³-hybridized carbons (Fsp3) is 0.440. The molecule has 1 aliphatic heterocycles. The normalized spacial score (nSPS) is 25.0. The Morgan fingerprint density at radius 2 is 1.79 bits per heavy atom. The largest absolute Gasteiger partial charge is 0.356 e. The molecule has 1 saturated carbocycles. The lowest BCUT2D eigenvalue weighted by molar-refractivity contribution is -0.140. The molecule has 2 amide bonds. The van der Waals surface area contributed by atoms with Crippen LogP contribution >= 0.6 is 24.0 Å². The first-order valence-corrected chi connectivity index (χ1v) is 11.7. The average molecular weight is 574 g/mol. The van der Waals surface area contributed by atoms with Crippen LogP contribution in [0.3, 0.4) is 0 Å². The van der Waals surface area contributed by atoms with Gasteiger partial charge in [0.05, 0.1) is 18.4 Å². The molecule has 5 rings (SSSR count). The zero-order chi connectivity index (χ0) is 22.8. The van der Waals surface area contributed by atoms with Crippen molar-refractivity contribution in [2.24, 2.45) is 28.7 Å². The van der Waals surface area contributed by atoms with Gasteiger partial charge in [-0.3, -0.25) is 19.5 Å². The number of benzene rings is 1. The molecular formula is C25H31IN6O2. The van der Waals surface area contributed by atoms with Gasteiger partial charge in [0.1, 0.15) is 5.82 Å². The second-order valence-electron chi connectivity index (χ2n) is 8.99. The molecule has 2 N–H and O–H groups in total. The Morgan fingerprint density at radius 3 is 2.47 bits per heavy atom. The van der Waals surface area contributed by atoms with Crippen LogP contribution in [0.4, 0.5) is 0 Å². The van der Waals surface area contributed by atoms with Gasteiger partial charge in [-0.05, 0) is 30.2 Å². The third kappa shape index (κ3) is 4.75. The standard InChI is InChI=1S/C25H30N6O2.HI/c1-26-25(29-15-20-27-11-13-30(20)16-17-6-3-2-4-7-17)28-10-5-12-31-23(32)21-18-8-9-19(14-18)22(21)24(31)33;/h2-4,6-9,11,13,18-19,21-22H,5,10,12,14-16H2,1H3,(H2,26,28,29);1H. The number of aliphatic imine (C=N–C) groups is 1. The number of rotatable bonds is 8. The number of guanidine groups is 1. The molecule has 0 radical (unpaired) electrons. The first-order chi connectivity index (χ1) is 16.2. The Balaban J connectivity index is 0.00000274. The van der Waals surface area contributed by atoms with Crippen molar-refractivity contribution in [2.75, 3.05) is 20.1 Å². The fourth-order valence-electron chi connectivity index (χ4n) is 5.44. The number of allylic oxidation sites excluding steroid dienone is 2. The van der Waals surface area contributed by atoms with E-state index in [0.29, 0.717) is 32.0 Å². The molecule has 3 aliphatic rings. The molecule has 2 fully saturated rings. The molecule has 2 aliphatic carbocycles. The highest BCUT2D eigenvalue weighted by Gasteiger charge is 2.58. The molecule has 9 heteroatoms. The monoisotopic (exact) mass is 574 g/mol. The predicted molar refractivity (Wildman–Crippen MR) is 140 cm³/mol. The zero-order valence-corrected chi connectivity index (χ0v) is 21.6. The van der Waals surface area contributed by atoms with Gasteiger partial charge in [0.25, 0.3) is 0 Å². The molecule has 34 heavy (non-hydrogen) atoms. The van der Waals surface area contributed by atoms with Crippen molar-refractivity contribution < 1.29 is 9.59 Å². The second-order valence-corrected chi connectivity index (χ2v) is 8.99. The number of carbonyl (C=O) groups excluding carboxylic acids is 2. The van der Waals surface area contributed by atoms with Gasteiger partial charge in [0.2, 0.25) is 11.8 Å². The van der Waals surface area contributed by atoms with Crippen LogP contribution in [0.15, 0.2) is 59.9 Å². The molecule has 0 spiro atoms. The van der Waals surface area contributed by atoms with E-state index in [2.05, 4.69) is 49.5 Å². The SMILES string of the molecule is CN=C(NCCCN1C(=O)C2C3C=CC(C3)C2C1=O)NCc1nccn1Cc1ccccc1.I. The Labute approximate surface area is 216 Å². The van der Waals surface area contributed by atoms with Gasteiger partial charge in [-0.15, -0.1) is 24.0 Å². The molecule has 4 atom stereocenters. The summed E-state index contributed by atoms with van der Waals surface area (Å²) < 4.78 is 2.11. The maximum Gasteiger partial charge on any atom is 0.233 e. The maximum atomic E-state index is 12.8. The third-order valence-electron chi connectivity index (χ3n) is 7.05. The number of aromatic nitrogens is 2. The number of amides is 2. The number of fused-ring (bicyclic) bond motifs is 5. The van der Waals surface area contributed by atoms with Crippen molar-refractivity contribution in [3.8, 4) is 0 Å². The van der Waals surface area contributed by atoms with E-state index in [1.54, 1.807) is 13.2 Å². The van der Waals surface area contributed by atoms with Crippen LogP contribution in [0.5, 0.6) is 0 Å². The summed E-state index contributed by atoms with van der Waals surface area (Å²) in [7, 11) is 1.73. The van der Waals surface area contributed by atoms with Gasteiger partial charge in [-0.2, -0.15) is 0 Å². The number of halogens is 1. The van der Waals surface area contributed by atoms with Gasteiger partial charge < -0.3 is 15.2 Å². The Morgan fingerprint density at radius 1 is 1.09 bits per heavy atom. The van der Waals surface area contributed by atoms with Crippen LogP contribution in [-0.2, 0) is 22.7 Å². The number of hydrogen-bond acceptors (Lipinski definition) is 4. The molecule has 1 saturated heterocycles. The Kier molecular flexibility index (Phi) is 7.70. The summed E-state index contributed by atoms with van der Waals surface area (Å²) in [5.41, 5.74) is 1.22. The minimum Gasteiger partial charge on any atom is -0.356 e. The van der Waals surface area contributed by atoms with Crippen molar-refractivity contribution in [3.05, 3.63) is 66.3 Å². The average Bonchev–Trinajstić information content (AvgIpc) is 3.60. The number of hydrogen-bond donors (Lipinski definition) is 2. The highest BCUT2D eigenvalue weighted by molar-refractivity contribution is 14.0. The summed E-state index contributed by atoms with van der Waals surface area (Å²) in [5.74, 6) is 1.93. The van der Waals surface area contributed by atoms with Gasteiger partial charge >= 0.3 is 0 Å². The lowest BCUT2D eigenvalue weighted by Crippen LogP contribution is -2.40. The van der Waals surface area contributed by atoms with Crippen LogP contribution < -0.4 is 10.6 Å². The van der Waals surface area contributed by atoms with Gasteiger partial charge in [0.15, 0.2) is 5.96 Å². The molecule has 180 valence electrons. The van der Waals surface area contributed by atoms with Crippen LogP contribution in [0.2, 0.25) is 0 Å². The number of nitrogens with zero attached hydrogens (tertiary/aromatic N) is 4. The zero-order valence-electron chi connectivity index (χ0n) is 19.3.